The van der Waals surface area contributed by atoms with E-state index in [1.54, 1.807) is 6.92 Å². The molecule has 1 N–H and O–H groups in total. The highest BCUT2D eigenvalue weighted by Gasteiger charge is 2.21. The molecule has 2 aromatic carbocycles. The number of nitrogens with one attached hydrogen (secondary N) is 1. The SMILES string of the molecule is CC(=O)c1ccc(N2CC[NH+](Cn3ccn(-c4cccc(C)c4C)c3=S)CC2)cc1. The first-order valence-electron chi connectivity index (χ1n) is 10.5. The van der Waals surface area contributed by atoms with E-state index in [0.29, 0.717) is 0 Å². The largest absolute Gasteiger partial charge is 0.360 e. The van der Waals surface area contributed by atoms with Gasteiger partial charge in [-0.1, -0.05) is 12.1 Å². The van der Waals surface area contributed by atoms with Crippen molar-refractivity contribution >= 4 is 23.7 Å². The Morgan fingerprint density at radius 2 is 1.73 bits per heavy atom. The lowest BCUT2D eigenvalue weighted by Crippen LogP contribution is -3.14. The van der Waals surface area contributed by atoms with E-state index in [9.17, 15) is 4.79 Å². The Morgan fingerprint density at radius 1 is 1.03 bits per heavy atom. The van der Waals surface area contributed by atoms with Crippen LogP contribution in [0.3, 0.4) is 0 Å². The average Bonchev–Trinajstić information content (AvgIpc) is 3.11. The molecule has 156 valence electrons. The molecule has 1 fully saturated rings. The minimum atomic E-state index is 0.111. The third-order valence-corrected chi connectivity index (χ3v) is 6.62. The fourth-order valence-corrected chi connectivity index (χ4v) is 4.39. The maximum atomic E-state index is 11.5. The molecular weight excluding hydrogens is 392 g/mol. The second kappa shape index (κ2) is 8.58. The molecule has 0 saturated carbocycles. The fourth-order valence-electron chi connectivity index (χ4n) is 4.10. The zero-order chi connectivity index (χ0) is 21.3. The van der Waals surface area contributed by atoms with Crippen LogP contribution in [0.4, 0.5) is 5.69 Å². The van der Waals surface area contributed by atoms with Gasteiger partial charge in [0.1, 0.15) is 0 Å². The monoisotopic (exact) mass is 421 g/mol. The first-order chi connectivity index (χ1) is 14.4. The number of hydrogen-bond acceptors (Lipinski definition) is 3. The van der Waals surface area contributed by atoms with Crippen molar-refractivity contribution in [2.45, 2.75) is 27.4 Å². The van der Waals surface area contributed by atoms with Crippen LogP contribution in [0.25, 0.3) is 5.69 Å². The minimum Gasteiger partial charge on any atom is -0.360 e. The summed E-state index contributed by atoms with van der Waals surface area (Å²) < 4.78 is 5.15. The molecule has 1 aliphatic rings. The lowest BCUT2D eigenvalue weighted by Gasteiger charge is -2.33. The van der Waals surface area contributed by atoms with Crippen molar-refractivity contribution in [3.05, 3.63) is 76.3 Å². The second-order valence-electron chi connectivity index (χ2n) is 8.14. The molecule has 0 radical (unpaired) electrons. The van der Waals surface area contributed by atoms with Gasteiger partial charge in [-0.15, -0.1) is 0 Å². The molecule has 3 aromatic rings. The maximum absolute atomic E-state index is 11.5. The normalized spacial score (nSPS) is 14.8. The van der Waals surface area contributed by atoms with Crippen LogP contribution < -0.4 is 9.80 Å². The molecule has 0 spiro atoms. The summed E-state index contributed by atoms with van der Waals surface area (Å²) in [6.07, 6.45) is 4.18. The molecular formula is C24H29N4OS+. The summed E-state index contributed by atoms with van der Waals surface area (Å²) in [5, 5.41) is 0. The van der Waals surface area contributed by atoms with Crippen molar-refractivity contribution in [3.63, 3.8) is 0 Å². The molecule has 0 atom stereocenters. The van der Waals surface area contributed by atoms with E-state index in [2.05, 4.69) is 70.6 Å². The van der Waals surface area contributed by atoms with Gasteiger partial charge in [0.25, 0.3) is 0 Å². The Labute approximate surface area is 183 Å². The van der Waals surface area contributed by atoms with E-state index in [4.69, 9.17) is 12.2 Å². The number of anilines is 1. The van der Waals surface area contributed by atoms with E-state index in [1.165, 1.54) is 21.7 Å². The predicted octanol–water partition coefficient (Wildman–Crippen LogP) is 3.19. The van der Waals surface area contributed by atoms with Gasteiger partial charge < -0.3 is 9.80 Å². The van der Waals surface area contributed by atoms with Gasteiger partial charge in [0.05, 0.1) is 31.9 Å². The Hall–Kier alpha value is -2.70. The number of aromatic nitrogens is 2. The third kappa shape index (κ3) is 4.11. The van der Waals surface area contributed by atoms with Gasteiger partial charge in [-0.25, -0.2) is 0 Å². The number of rotatable bonds is 5. The molecule has 1 saturated heterocycles. The number of imidazole rings is 1. The van der Waals surface area contributed by atoms with Crippen molar-refractivity contribution in [2.75, 3.05) is 31.1 Å². The highest BCUT2D eigenvalue weighted by atomic mass is 32.1. The Balaban J connectivity index is 1.41. The number of benzene rings is 2. The van der Waals surface area contributed by atoms with Gasteiger partial charge >= 0.3 is 0 Å². The van der Waals surface area contributed by atoms with Crippen molar-refractivity contribution in [1.29, 1.82) is 0 Å². The van der Waals surface area contributed by atoms with Gasteiger partial charge in [-0.2, -0.15) is 0 Å². The summed E-state index contributed by atoms with van der Waals surface area (Å²) in [6, 6.07) is 14.3. The highest BCUT2D eigenvalue weighted by Crippen LogP contribution is 2.18. The number of quaternary nitrogens is 1. The Kier molecular flexibility index (Phi) is 5.88. The number of hydrogen-bond donors (Lipinski definition) is 1. The molecule has 4 rings (SSSR count). The summed E-state index contributed by atoms with van der Waals surface area (Å²) in [5.41, 5.74) is 5.67. The van der Waals surface area contributed by atoms with Gasteiger partial charge in [0, 0.05) is 23.6 Å². The summed E-state index contributed by atoms with van der Waals surface area (Å²) in [7, 11) is 0. The number of carbonyl (C=O) groups is 1. The summed E-state index contributed by atoms with van der Waals surface area (Å²) in [4.78, 5) is 15.4. The molecule has 0 amide bonds. The first kappa shape index (κ1) is 20.6. The van der Waals surface area contributed by atoms with Gasteiger partial charge in [-0.05, 0) is 74.4 Å². The number of carbonyl (C=O) groups excluding carboxylic acids is 1. The van der Waals surface area contributed by atoms with Crippen LogP contribution in [0.5, 0.6) is 0 Å². The average molecular weight is 422 g/mol. The van der Waals surface area contributed by atoms with E-state index in [0.717, 1.165) is 48.9 Å². The van der Waals surface area contributed by atoms with Crippen molar-refractivity contribution in [3.8, 4) is 5.69 Å². The van der Waals surface area contributed by atoms with Crippen molar-refractivity contribution in [2.24, 2.45) is 0 Å². The first-order valence-corrected chi connectivity index (χ1v) is 10.9. The summed E-state index contributed by atoms with van der Waals surface area (Å²) in [6.45, 7) is 10.9. The third-order valence-electron chi connectivity index (χ3n) is 6.19. The second-order valence-corrected chi connectivity index (χ2v) is 8.50. The lowest BCUT2D eigenvalue weighted by molar-refractivity contribution is -0.923. The quantitative estimate of drug-likeness (QED) is 0.508. The standard InChI is InChI=1S/C24H28N4OS/c1-18-5-4-6-23(19(18)2)28-16-15-27(24(28)30)17-25-11-13-26(14-12-25)22-9-7-21(8-10-22)20(3)29/h4-10,15-16H,11-14,17H2,1-3H3/p+1. The zero-order valence-corrected chi connectivity index (χ0v) is 18.7. The summed E-state index contributed by atoms with van der Waals surface area (Å²) >= 11 is 5.79. The molecule has 5 nitrogen and oxygen atoms in total. The van der Waals surface area contributed by atoms with Gasteiger partial charge in [0.2, 0.25) is 0 Å². The maximum Gasteiger partial charge on any atom is 0.188 e. The van der Waals surface area contributed by atoms with Crippen LogP contribution in [0.2, 0.25) is 0 Å². The van der Waals surface area contributed by atoms with Crippen molar-refractivity contribution < 1.29 is 9.69 Å². The molecule has 30 heavy (non-hydrogen) atoms. The molecule has 0 unspecified atom stereocenters. The Bertz CT molecular complexity index is 1100. The molecule has 2 heterocycles. The number of ketones is 1. The minimum absolute atomic E-state index is 0.111. The molecule has 1 aromatic heterocycles. The molecule has 0 aliphatic carbocycles. The zero-order valence-electron chi connectivity index (χ0n) is 17.9. The Morgan fingerprint density at radius 3 is 2.40 bits per heavy atom. The van der Waals surface area contributed by atoms with Crippen LogP contribution >= 0.6 is 12.2 Å². The van der Waals surface area contributed by atoms with Gasteiger partial charge in [-0.3, -0.25) is 13.9 Å². The van der Waals surface area contributed by atoms with Crippen LogP contribution in [0, 0.1) is 18.6 Å². The molecule has 1 aliphatic heterocycles. The number of aryl methyl sites for hydroxylation is 1. The summed E-state index contributed by atoms with van der Waals surface area (Å²) in [5.74, 6) is 0.111. The smallest absolute Gasteiger partial charge is 0.188 e. The van der Waals surface area contributed by atoms with E-state index in [-0.39, 0.29) is 5.78 Å². The van der Waals surface area contributed by atoms with Crippen LogP contribution in [-0.2, 0) is 6.67 Å². The van der Waals surface area contributed by atoms with E-state index in [1.807, 2.05) is 12.1 Å². The van der Waals surface area contributed by atoms with Gasteiger partial charge in [0.15, 0.2) is 17.2 Å². The predicted molar refractivity (Wildman–Crippen MR) is 123 cm³/mol. The highest BCUT2D eigenvalue weighted by molar-refractivity contribution is 7.71. The lowest BCUT2D eigenvalue weighted by atomic mass is 10.1. The van der Waals surface area contributed by atoms with Crippen LogP contribution in [0.1, 0.15) is 28.4 Å². The number of nitrogens with zero attached hydrogens (tertiary/aromatic N) is 3. The molecule has 6 heteroatoms. The van der Waals surface area contributed by atoms with E-state index < -0.39 is 0 Å². The fraction of sp³-hybridized carbons (Fsp3) is 0.333. The number of piperazine rings is 1. The number of Topliss-reactive ketones (excluding diaryl/α,β-unsaturated/α-hetero) is 1. The van der Waals surface area contributed by atoms with E-state index >= 15 is 0 Å². The van der Waals surface area contributed by atoms with Crippen molar-refractivity contribution in [1.82, 2.24) is 9.13 Å². The topological polar surface area (TPSA) is 34.6 Å². The van der Waals surface area contributed by atoms with Crippen LogP contribution in [-0.4, -0.2) is 41.1 Å². The molecule has 0 bridgehead atoms. The van der Waals surface area contributed by atoms with Crippen LogP contribution in [0.15, 0.2) is 54.9 Å².